The Labute approximate surface area is 197 Å². The molecule has 1 aliphatic rings. The Hall–Kier alpha value is -3.15. The second kappa shape index (κ2) is 10.4. The molecule has 0 bridgehead atoms. The van der Waals surface area contributed by atoms with E-state index in [0.29, 0.717) is 10.9 Å². The number of benzene rings is 2. The minimum absolute atomic E-state index is 0.0124. The summed E-state index contributed by atoms with van der Waals surface area (Å²) in [6.07, 6.45) is 3.48. The molecule has 4 rings (SSSR count). The van der Waals surface area contributed by atoms with Gasteiger partial charge >= 0.3 is 6.09 Å². The van der Waals surface area contributed by atoms with Crippen molar-refractivity contribution in [2.24, 2.45) is 0 Å². The average molecular weight is 489 g/mol. The molecule has 2 aromatic carbocycles. The number of nitrogens with one attached hydrogen (secondary N) is 2. The molecule has 3 aromatic rings. The Balaban J connectivity index is 1.43. The summed E-state index contributed by atoms with van der Waals surface area (Å²) in [7, 11) is -3.96. The zero-order valence-electron chi connectivity index (χ0n) is 18.5. The third-order valence-electron chi connectivity index (χ3n) is 5.92. The lowest BCUT2D eigenvalue weighted by Gasteiger charge is -2.23. The number of sulfonamides is 1. The smallest absolute Gasteiger partial charge is 0.404 e. The number of aromatic nitrogens is 2. The van der Waals surface area contributed by atoms with Gasteiger partial charge in [-0.15, -0.1) is 5.10 Å². The van der Waals surface area contributed by atoms with Gasteiger partial charge in [0.1, 0.15) is 11.6 Å². The molecule has 1 heterocycles. The number of fused-ring (bicyclic) bond motifs is 1. The van der Waals surface area contributed by atoms with Crippen LogP contribution in [0.15, 0.2) is 59.6 Å². The molecule has 4 N–H and O–H groups in total. The first-order valence-corrected chi connectivity index (χ1v) is 12.7. The van der Waals surface area contributed by atoms with Gasteiger partial charge in [-0.2, -0.15) is 0 Å². The highest BCUT2D eigenvalue weighted by atomic mass is 32.2. The number of amides is 1. The predicted octanol–water partition coefficient (Wildman–Crippen LogP) is 1.93. The molecule has 1 saturated carbocycles. The SMILES string of the molecule is O=C(O)N[C@@H](Cc1ccccc1)[C@H](O)CNS(=O)(=O)c1ccc2c(cnn2OC2CCCC2)c1. The summed E-state index contributed by atoms with van der Waals surface area (Å²) in [5.74, 6) is 0. The van der Waals surface area contributed by atoms with Gasteiger partial charge in [0.25, 0.3) is 0 Å². The maximum absolute atomic E-state index is 12.9. The van der Waals surface area contributed by atoms with Crippen molar-refractivity contribution >= 4 is 27.0 Å². The van der Waals surface area contributed by atoms with Crippen molar-refractivity contribution in [3.05, 3.63) is 60.3 Å². The predicted molar refractivity (Wildman–Crippen MR) is 125 cm³/mol. The van der Waals surface area contributed by atoms with Crippen LogP contribution in [-0.4, -0.2) is 59.5 Å². The van der Waals surface area contributed by atoms with Crippen LogP contribution in [0.25, 0.3) is 10.9 Å². The van der Waals surface area contributed by atoms with E-state index in [-0.39, 0.29) is 24.0 Å². The zero-order chi connectivity index (χ0) is 24.1. The number of aliphatic hydroxyl groups is 1. The summed E-state index contributed by atoms with van der Waals surface area (Å²) < 4.78 is 28.1. The maximum Gasteiger partial charge on any atom is 0.404 e. The van der Waals surface area contributed by atoms with Crippen LogP contribution in [0.1, 0.15) is 31.2 Å². The topological polar surface area (TPSA) is 143 Å². The molecule has 0 radical (unpaired) electrons. The number of carboxylic acid groups (broad SMARTS) is 1. The van der Waals surface area contributed by atoms with E-state index in [0.717, 1.165) is 31.2 Å². The fourth-order valence-electron chi connectivity index (χ4n) is 4.10. The molecule has 11 heteroatoms. The van der Waals surface area contributed by atoms with Gasteiger partial charge in [-0.1, -0.05) is 35.2 Å². The van der Waals surface area contributed by atoms with Gasteiger partial charge in [-0.05, 0) is 55.9 Å². The minimum atomic E-state index is -3.96. The summed E-state index contributed by atoms with van der Waals surface area (Å²) in [6, 6.07) is 12.7. The molecule has 1 amide bonds. The molecule has 1 fully saturated rings. The van der Waals surface area contributed by atoms with Crippen LogP contribution in [0.5, 0.6) is 0 Å². The van der Waals surface area contributed by atoms with E-state index in [9.17, 15) is 18.3 Å². The largest absolute Gasteiger partial charge is 0.465 e. The number of carbonyl (C=O) groups is 1. The molecule has 0 spiro atoms. The molecule has 0 saturated heterocycles. The Morgan fingerprint density at radius 2 is 1.91 bits per heavy atom. The van der Waals surface area contributed by atoms with Crippen molar-refractivity contribution in [3.63, 3.8) is 0 Å². The fourth-order valence-corrected chi connectivity index (χ4v) is 5.19. The maximum atomic E-state index is 12.9. The summed E-state index contributed by atoms with van der Waals surface area (Å²) in [6.45, 7) is -0.359. The third kappa shape index (κ3) is 5.85. The molecule has 0 aliphatic heterocycles. The van der Waals surface area contributed by atoms with E-state index >= 15 is 0 Å². The first-order valence-electron chi connectivity index (χ1n) is 11.2. The quantitative estimate of drug-likeness (QED) is 0.341. The van der Waals surface area contributed by atoms with Gasteiger partial charge in [0.15, 0.2) is 0 Å². The summed E-state index contributed by atoms with van der Waals surface area (Å²) in [4.78, 5) is 18.5. The molecular formula is C23H28N4O6S. The Kier molecular flexibility index (Phi) is 7.35. The molecule has 0 unspecified atom stereocenters. The third-order valence-corrected chi connectivity index (χ3v) is 7.34. The van der Waals surface area contributed by atoms with E-state index in [1.807, 2.05) is 6.07 Å². The lowest BCUT2D eigenvalue weighted by Crippen LogP contribution is -2.49. The van der Waals surface area contributed by atoms with Crippen molar-refractivity contribution in [1.82, 2.24) is 20.0 Å². The van der Waals surface area contributed by atoms with Crippen LogP contribution in [-0.2, 0) is 16.4 Å². The average Bonchev–Trinajstić information content (AvgIpc) is 3.47. The summed E-state index contributed by atoms with van der Waals surface area (Å²) in [5.41, 5.74) is 1.48. The van der Waals surface area contributed by atoms with Gasteiger partial charge < -0.3 is 20.4 Å². The van der Waals surface area contributed by atoms with E-state index < -0.39 is 28.3 Å². The van der Waals surface area contributed by atoms with Crippen LogP contribution in [0, 0.1) is 0 Å². The monoisotopic (exact) mass is 488 g/mol. The van der Waals surface area contributed by atoms with Crippen molar-refractivity contribution in [1.29, 1.82) is 0 Å². The van der Waals surface area contributed by atoms with E-state index in [1.54, 1.807) is 36.5 Å². The van der Waals surface area contributed by atoms with Gasteiger partial charge in [-0.3, -0.25) is 0 Å². The van der Waals surface area contributed by atoms with E-state index in [1.165, 1.54) is 17.0 Å². The second-order valence-corrected chi connectivity index (χ2v) is 10.2. The van der Waals surface area contributed by atoms with E-state index in [2.05, 4.69) is 15.1 Å². The molecular weight excluding hydrogens is 460 g/mol. The summed E-state index contributed by atoms with van der Waals surface area (Å²) in [5, 5.41) is 26.8. The lowest BCUT2D eigenvalue weighted by atomic mass is 10.0. The minimum Gasteiger partial charge on any atom is -0.465 e. The fraction of sp³-hybridized carbons (Fsp3) is 0.391. The summed E-state index contributed by atoms with van der Waals surface area (Å²) >= 11 is 0. The molecule has 10 nitrogen and oxygen atoms in total. The highest BCUT2D eigenvalue weighted by molar-refractivity contribution is 7.89. The lowest BCUT2D eigenvalue weighted by molar-refractivity contribution is 0.0272. The van der Waals surface area contributed by atoms with Crippen LogP contribution in [0.3, 0.4) is 0 Å². The number of nitrogens with zero attached hydrogens (tertiary/aromatic N) is 2. The standard InChI is InChI=1S/C23H28N4O6S/c28-22(20(26-23(29)30)12-16-6-2-1-3-7-16)15-25-34(31,32)19-10-11-21-17(13-19)14-24-27(21)33-18-8-4-5-9-18/h1-3,6-7,10-11,13-14,18,20,22,25-26,28H,4-5,8-9,12,15H2,(H,29,30)/t20-,22+/m0/s1. The van der Waals surface area contributed by atoms with Crippen molar-refractivity contribution in [2.75, 3.05) is 6.54 Å². The van der Waals surface area contributed by atoms with Crippen LogP contribution < -0.4 is 14.9 Å². The van der Waals surface area contributed by atoms with Gasteiger partial charge in [0, 0.05) is 11.9 Å². The number of hydrogen-bond acceptors (Lipinski definition) is 6. The highest BCUT2D eigenvalue weighted by Gasteiger charge is 2.25. The van der Waals surface area contributed by atoms with Crippen LogP contribution in [0.2, 0.25) is 0 Å². The van der Waals surface area contributed by atoms with E-state index in [4.69, 9.17) is 9.94 Å². The van der Waals surface area contributed by atoms with Crippen molar-refractivity contribution in [2.45, 2.75) is 55.2 Å². The van der Waals surface area contributed by atoms with Crippen LogP contribution in [0.4, 0.5) is 4.79 Å². The van der Waals surface area contributed by atoms with Crippen molar-refractivity contribution in [3.8, 4) is 0 Å². The number of aliphatic hydroxyl groups excluding tert-OH is 1. The van der Waals surface area contributed by atoms with Gasteiger partial charge in [-0.25, -0.2) is 17.9 Å². The Morgan fingerprint density at radius 3 is 2.62 bits per heavy atom. The zero-order valence-corrected chi connectivity index (χ0v) is 19.3. The van der Waals surface area contributed by atoms with Crippen molar-refractivity contribution < 1.29 is 28.3 Å². The first-order chi connectivity index (χ1) is 16.3. The van der Waals surface area contributed by atoms with Gasteiger partial charge in [0.2, 0.25) is 10.0 Å². The molecule has 2 atom stereocenters. The number of hydrogen-bond donors (Lipinski definition) is 4. The first kappa shape index (κ1) is 24.0. The second-order valence-electron chi connectivity index (χ2n) is 8.41. The normalized spacial score (nSPS) is 16.4. The molecule has 1 aliphatic carbocycles. The Morgan fingerprint density at radius 1 is 1.18 bits per heavy atom. The highest BCUT2D eigenvalue weighted by Crippen LogP contribution is 2.22. The molecule has 1 aromatic heterocycles. The van der Waals surface area contributed by atoms with Gasteiger partial charge in [0.05, 0.1) is 23.2 Å². The molecule has 34 heavy (non-hydrogen) atoms. The molecule has 182 valence electrons. The Bertz CT molecular complexity index is 1220. The van der Waals surface area contributed by atoms with Crippen LogP contribution >= 0.6 is 0 Å². The number of rotatable bonds is 10.